The van der Waals surface area contributed by atoms with Crippen LogP contribution in [0.15, 0.2) is 0 Å². The first-order valence-corrected chi connectivity index (χ1v) is 2.24. The molecule has 7 heavy (non-hydrogen) atoms. The Bertz CT molecular complexity index is 53.6. The molecule has 43 valence electrons. The maximum Gasteiger partial charge on any atom is 0.0715 e. The summed E-state index contributed by atoms with van der Waals surface area (Å²) in [7, 11) is 0. The van der Waals surface area contributed by atoms with Crippen molar-refractivity contribution in [3.63, 3.8) is 0 Å². The van der Waals surface area contributed by atoms with Gasteiger partial charge in [0.25, 0.3) is 0 Å². The summed E-state index contributed by atoms with van der Waals surface area (Å²) in [6, 6.07) is 0. The van der Waals surface area contributed by atoms with Crippen LogP contribution in [-0.4, -0.2) is 16.7 Å². The van der Waals surface area contributed by atoms with Crippen molar-refractivity contribution >= 4 is 0 Å². The molecule has 0 aromatic carbocycles. The maximum atomic E-state index is 8.65. The SMILES string of the molecule is [CH2]C(O)C(C)(C)N. The zero-order chi connectivity index (χ0) is 6.08. The number of hydrogen-bond donors (Lipinski definition) is 2. The summed E-state index contributed by atoms with van der Waals surface area (Å²) < 4.78 is 0. The van der Waals surface area contributed by atoms with Gasteiger partial charge in [-0.25, -0.2) is 0 Å². The summed E-state index contributed by atoms with van der Waals surface area (Å²) in [5.74, 6) is 0. The quantitative estimate of drug-likeness (QED) is 0.486. The summed E-state index contributed by atoms with van der Waals surface area (Å²) in [4.78, 5) is 0. The summed E-state index contributed by atoms with van der Waals surface area (Å²) >= 11 is 0. The highest BCUT2D eigenvalue weighted by Crippen LogP contribution is 2.01. The largest absolute Gasteiger partial charge is 0.391 e. The van der Waals surface area contributed by atoms with Gasteiger partial charge in [0, 0.05) is 5.54 Å². The van der Waals surface area contributed by atoms with Gasteiger partial charge in [0.1, 0.15) is 0 Å². The van der Waals surface area contributed by atoms with Crippen LogP contribution in [0.4, 0.5) is 0 Å². The molecule has 0 heterocycles. The minimum atomic E-state index is -0.674. The number of aliphatic hydroxyl groups excluding tert-OH is 1. The van der Waals surface area contributed by atoms with Crippen molar-refractivity contribution in [1.29, 1.82) is 0 Å². The first kappa shape index (κ1) is 6.92. The van der Waals surface area contributed by atoms with Gasteiger partial charge >= 0.3 is 0 Å². The van der Waals surface area contributed by atoms with Crippen molar-refractivity contribution in [2.75, 3.05) is 0 Å². The summed E-state index contributed by atoms with van der Waals surface area (Å²) in [6.45, 7) is 6.79. The van der Waals surface area contributed by atoms with Gasteiger partial charge in [-0.15, -0.1) is 0 Å². The smallest absolute Gasteiger partial charge is 0.0715 e. The molecule has 0 aliphatic carbocycles. The number of nitrogens with two attached hydrogens (primary N) is 1. The van der Waals surface area contributed by atoms with Crippen molar-refractivity contribution in [3.05, 3.63) is 6.92 Å². The minimum Gasteiger partial charge on any atom is -0.391 e. The summed E-state index contributed by atoms with van der Waals surface area (Å²) in [5.41, 5.74) is 4.81. The third-order valence-electron chi connectivity index (χ3n) is 0.859. The Kier molecular flexibility index (Phi) is 1.78. The van der Waals surface area contributed by atoms with Gasteiger partial charge < -0.3 is 10.8 Å². The molecule has 0 bridgehead atoms. The molecule has 2 heteroatoms. The molecule has 0 aliphatic rings. The molecule has 0 spiro atoms. The lowest BCUT2D eigenvalue weighted by Gasteiger charge is -2.21. The molecule has 0 saturated heterocycles. The Hall–Kier alpha value is -0.0800. The van der Waals surface area contributed by atoms with Crippen LogP contribution in [0.5, 0.6) is 0 Å². The number of aliphatic hydroxyl groups is 1. The molecule has 0 fully saturated rings. The standard InChI is InChI=1S/C5H12NO/c1-4(7)5(2,3)6/h4,7H,1,6H2,2-3H3. The lowest BCUT2D eigenvalue weighted by molar-refractivity contribution is 0.146. The highest BCUT2D eigenvalue weighted by molar-refractivity contribution is 4.82. The topological polar surface area (TPSA) is 46.2 Å². The highest BCUT2D eigenvalue weighted by Gasteiger charge is 2.16. The molecule has 3 N–H and O–H groups in total. The number of rotatable bonds is 1. The van der Waals surface area contributed by atoms with Gasteiger partial charge in [-0.2, -0.15) is 0 Å². The molecule has 0 aromatic heterocycles. The van der Waals surface area contributed by atoms with Gasteiger partial charge in [0.15, 0.2) is 0 Å². The van der Waals surface area contributed by atoms with Crippen LogP contribution in [0.2, 0.25) is 0 Å². The second-order valence-corrected chi connectivity index (χ2v) is 2.34. The fraction of sp³-hybridized carbons (Fsp3) is 0.800. The first-order chi connectivity index (χ1) is 2.94. The van der Waals surface area contributed by atoms with E-state index in [4.69, 9.17) is 10.8 Å². The van der Waals surface area contributed by atoms with Crippen LogP contribution in [0, 0.1) is 6.92 Å². The lowest BCUT2D eigenvalue weighted by atomic mass is 10.0. The maximum absolute atomic E-state index is 8.65. The molecular weight excluding hydrogens is 90.1 g/mol. The van der Waals surface area contributed by atoms with Crippen LogP contribution in [0.25, 0.3) is 0 Å². The zero-order valence-electron chi connectivity index (χ0n) is 4.81. The molecule has 0 rings (SSSR count). The Morgan fingerprint density at radius 1 is 1.71 bits per heavy atom. The molecule has 0 amide bonds. The van der Waals surface area contributed by atoms with E-state index in [0.717, 1.165) is 0 Å². The van der Waals surface area contributed by atoms with Crippen molar-refractivity contribution in [2.45, 2.75) is 25.5 Å². The highest BCUT2D eigenvalue weighted by atomic mass is 16.3. The van der Waals surface area contributed by atoms with E-state index >= 15 is 0 Å². The Morgan fingerprint density at radius 2 is 1.86 bits per heavy atom. The van der Waals surface area contributed by atoms with Crippen LogP contribution in [-0.2, 0) is 0 Å². The van der Waals surface area contributed by atoms with Crippen LogP contribution in [0.3, 0.4) is 0 Å². The predicted molar refractivity (Wildman–Crippen MR) is 29.6 cm³/mol. The average molecular weight is 102 g/mol. The molecule has 2 nitrogen and oxygen atoms in total. The van der Waals surface area contributed by atoms with Crippen LogP contribution < -0.4 is 5.73 Å². The predicted octanol–water partition coefficient (Wildman–Crippen LogP) is -0.0813. The summed E-state index contributed by atoms with van der Waals surface area (Å²) in [6.07, 6.45) is -0.674. The fourth-order valence-corrected chi connectivity index (χ4v) is 0. The molecule has 0 aromatic rings. The fourth-order valence-electron chi connectivity index (χ4n) is 0. The van der Waals surface area contributed by atoms with Crippen molar-refractivity contribution in [1.82, 2.24) is 0 Å². The van der Waals surface area contributed by atoms with E-state index in [1.54, 1.807) is 13.8 Å². The van der Waals surface area contributed by atoms with E-state index < -0.39 is 11.6 Å². The van der Waals surface area contributed by atoms with E-state index in [0.29, 0.717) is 0 Å². The Balaban J connectivity index is 3.54. The monoisotopic (exact) mass is 102 g/mol. The lowest BCUT2D eigenvalue weighted by Crippen LogP contribution is -2.43. The first-order valence-electron chi connectivity index (χ1n) is 2.24. The molecule has 1 unspecified atom stereocenters. The second-order valence-electron chi connectivity index (χ2n) is 2.34. The average Bonchev–Trinajstić information content (AvgIpc) is 1.31. The van der Waals surface area contributed by atoms with Gasteiger partial charge in [0.2, 0.25) is 0 Å². The Labute approximate surface area is 44.3 Å². The van der Waals surface area contributed by atoms with E-state index in [9.17, 15) is 0 Å². The molecule has 0 saturated carbocycles. The molecule has 1 radical (unpaired) electrons. The van der Waals surface area contributed by atoms with E-state index in [2.05, 4.69) is 6.92 Å². The normalized spacial score (nSPS) is 16.7. The van der Waals surface area contributed by atoms with E-state index in [-0.39, 0.29) is 0 Å². The molecule has 0 aliphatic heterocycles. The Morgan fingerprint density at radius 3 is 1.86 bits per heavy atom. The van der Waals surface area contributed by atoms with Crippen molar-refractivity contribution in [2.24, 2.45) is 5.73 Å². The van der Waals surface area contributed by atoms with Crippen molar-refractivity contribution in [3.8, 4) is 0 Å². The zero-order valence-corrected chi connectivity index (χ0v) is 4.81. The van der Waals surface area contributed by atoms with Gasteiger partial charge in [-0.3, -0.25) is 0 Å². The summed E-state index contributed by atoms with van der Waals surface area (Å²) in [5, 5.41) is 8.65. The minimum absolute atomic E-state index is 0.556. The van der Waals surface area contributed by atoms with Gasteiger partial charge in [-0.1, -0.05) is 0 Å². The van der Waals surface area contributed by atoms with E-state index in [1.807, 2.05) is 0 Å². The third-order valence-corrected chi connectivity index (χ3v) is 0.859. The van der Waals surface area contributed by atoms with E-state index in [1.165, 1.54) is 0 Å². The van der Waals surface area contributed by atoms with Crippen molar-refractivity contribution < 1.29 is 5.11 Å². The van der Waals surface area contributed by atoms with Gasteiger partial charge in [0.05, 0.1) is 6.10 Å². The van der Waals surface area contributed by atoms with Crippen LogP contribution in [0.1, 0.15) is 13.8 Å². The van der Waals surface area contributed by atoms with Gasteiger partial charge in [-0.05, 0) is 20.8 Å². The third kappa shape index (κ3) is 2.60. The number of hydrogen-bond acceptors (Lipinski definition) is 2. The second kappa shape index (κ2) is 1.80. The van der Waals surface area contributed by atoms with Crippen LogP contribution >= 0.6 is 0 Å². The molecular formula is C5H12NO. The molecule has 1 atom stereocenters.